The molecule has 3 aromatic heterocycles. The van der Waals surface area contributed by atoms with Crippen LogP contribution in [0.3, 0.4) is 0 Å². The van der Waals surface area contributed by atoms with Gasteiger partial charge in [-0.1, -0.05) is 0 Å². The Labute approximate surface area is 193 Å². The third-order valence-corrected chi connectivity index (χ3v) is 6.38. The van der Waals surface area contributed by atoms with Gasteiger partial charge in [-0.3, -0.25) is 14.2 Å². The van der Waals surface area contributed by atoms with E-state index in [0.29, 0.717) is 39.0 Å². The topological polar surface area (TPSA) is 105 Å². The van der Waals surface area contributed by atoms with Gasteiger partial charge in [0.25, 0.3) is 5.56 Å². The lowest BCUT2D eigenvalue weighted by molar-refractivity contribution is -0.116. The predicted molar refractivity (Wildman–Crippen MR) is 128 cm³/mol. The number of rotatable bonds is 6. The van der Waals surface area contributed by atoms with Gasteiger partial charge in [0.1, 0.15) is 21.9 Å². The molecule has 1 aromatic carbocycles. The molecule has 0 aliphatic carbocycles. The largest absolute Gasteiger partial charge is 0.493 e. The molecular weight excluding hydrogens is 444 g/mol. The normalized spacial score (nSPS) is 11.1. The molecule has 9 nitrogen and oxygen atoms in total. The van der Waals surface area contributed by atoms with Crippen molar-refractivity contribution < 1.29 is 19.0 Å². The molecule has 1 N–H and O–H groups in total. The standard InChI is InChI=1S/C23H24N4O5S/c1-11-7-12(2)24-22-18(11)19-21(33-22)23(29)27(13(3)25-19)10-17(28)26-14-8-15(30-4)20(32-6)16(9-14)31-5/h7-9H,10H2,1-6H3,(H,26,28). The quantitative estimate of drug-likeness (QED) is 0.461. The number of benzene rings is 1. The molecule has 0 saturated carbocycles. The molecule has 0 bridgehead atoms. The molecule has 0 aliphatic heterocycles. The SMILES string of the molecule is COc1cc(NC(=O)Cn2c(C)nc3c(sc4nc(C)cc(C)c43)c2=O)cc(OC)c1OC. The number of pyridine rings is 1. The summed E-state index contributed by atoms with van der Waals surface area (Å²) in [5.41, 5.74) is 2.72. The molecular formula is C23H24N4O5S. The van der Waals surface area contributed by atoms with Gasteiger partial charge in [0.05, 0.1) is 26.8 Å². The van der Waals surface area contributed by atoms with Crippen molar-refractivity contribution in [3.8, 4) is 17.2 Å². The fraction of sp³-hybridized carbons (Fsp3) is 0.304. The van der Waals surface area contributed by atoms with E-state index in [1.165, 1.54) is 37.2 Å². The fourth-order valence-electron chi connectivity index (χ4n) is 3.85. The summed E-state index contributed by atoms with van der Waals surface area (Å²) in [6.07, 6.45) is 0. The van der Waals surface area contributed by atoms with Gasteiger partial charge in [0.15, 0.2) is 11.5 Å². The molecule has 0 spiro atoms. The number of hydrogen-bond donors (Lipinski definition) is 1. The first-order valence-corrected chi connectivity index (χ1v) is 11.0. The first-order valence-electron chi connectivity index (χ1n) is 10.1. The second kappa shape index (κ2) is 8.70. The van der Waals surface area contributed by atoms with E-state index in [-0.39, 0.29) is 18.0 Å². The lowest BCUT2D eigenvalue weighted by Crippen LogP contribution is -2.29. The monoisotopic (exact) mass is 468 g/mol. The minimum atomic E-state index is -0.387. The van der Waals surface area contributed by atoms with Crippen molar-refractivity contribution in [2.75, 3.05) is 26.6 Å². The van der Waals surface area contributed by atoms with Crippen LogP contribution in [0.5, 0.6) is 17.2 Å². The molecule has 4 aromatic rings. The molecule has 1 amide bonds. The van der Waals surface area contributed by atoms with Crippen molar-refractivity contribution in [3.63, 3.8) is 0 Å². The molecule has 3 heterocycles. The highest BCUT2D eigenvalue weighted by Crippen LogP contribution is 2.40. The maximum absolute atomic E-state index is 13.3. The third kappa shape index (κ3) is 3.97. The van der Waals surface area contributed by atoms with E-state index in [0.717, 1.165) is 21.5 Å². The third-order valence-electron chi connectivity index (χ3n) is 5.32. The highest BCUT2D eigenvalue weighted by atomic mass is 32.1. The number of amides is 1. The van der Waals surface area contributed by atoms with Crippen LogP contribution < -0.4 is 25.1 Å². The minimum absolute atomic E-state index is 0.191. The first-order chi connectivity index (χ1) is 15.8. The molecule has 0 atom stereocenters. The lowest BCUT2D eigenvalue weighted by atomic mass is 10.1. The van der Waals surface area contributed by atoms with Crippen LogP contribution in [-0.4, -0.2) is 41.8 Å². The van der Waals surface area contributed by atoms with Crippen molar-refractivity contribution in [1.82, 2.24) is 14.5 Å². The van der Waals surface area contributed by atoms with E-state index >= 15 is 0 Å². The zero-order chi connectivity index (χ0) is 23.9. The van der Waals surface area contributed by atoms with Crippen molar-refractivity contribution in [3.05, 3.63) is 45.6 Å². The van der Waals surface area contributed by atoms with Crippen molar-refractivity contribution in [2.24, 2.45) is 0 Å². The Morgan fingerprint density at radius 1 is 1.03 bits per heavy atom. The molecule has 0 unspecified atom stereocenters. The van der Waals surface area contributed by atoms with Gasteiger partial charge in [-0.25, -0.2) is 9.97 Å². The van der Waals surface area contributed by atoms with Gasteiger partial charge in [0, 0.05) is 28.9 Å². The van der Waals surface area contributed by atoms with Crippen molar-refractivity contribution >= 4 is 43.4 Å². The molecule has 4 rings (SSSR count). The van der Waals surface area contributed by atoms with Crippen LogP contribution in [-0.2, 0) is 11.3 Å². The summed E-state index contributed by atoms with van der Waals surface area (Å²) in [6.45, 7) is 5.43. The van der Waals surface area contributed by atoms with Gasteiger partial charge < -0.3 is 19.5 Å². The highest BCUT2D eigenvalue weighted by Gasteiger charge is 2.19. The summed E-state index contributed by atoms with van der Waals surface area (Å²) in [7, 11) is 4.49. The average Bonchev–Trinajstić information content (AvgIpc) is 3.14. The number of nitrogens with zero attached hydrogens (tertiary/aromatic N) is 3. The number of hydrogen-bond acceptors (Lipinski definition) is 8. The molecule has 0 fully saturated rings. The van der Waals surface area contributed by atoms with Gasteiger partial charge in [-0.2, -0.15) is 0 Å². The Morgan fingerprint density at radius 2 is 1.70 bits per heavy atom. The van der Waals surface area contributed by atoms with Crippen LogP contribution in [0, 0.1) is 20.8 Å². The number of ether oxygens (including phenoxy) is 3. The van der Waals surface area contributed by atoms with Gasteiger partial charge in [0.2, 0.25) is 11.7 Å². The number of carbonyl (C=O) groups is 1. The van der Waals surface area contributed by atoms with E-state index < -0.39 is 0 Å². The fourth-order valence-corrected chi connectivity index (χ4v) is 5.03. The van der Waals surface area contributed by atoms with Crippen LogP contribution in [0.25, 0.3) is 20.4 Å². The number of thiophene rings is 1. The highest BCUT2D eigenvalue weighted by molar-refractivity contribution is 7.25. The molecule has 10 heteroatoms. The number of anilines is 1. The Bertz CT molecular complexity index is 1430. The molecule has 0 aliphatic rings. The zero-order valence-electron chi connectivity index (χ0n) is 19.2. The van der Waals surface area contributed by atoms with Gasteiger partial charge in [-0.15, -0.1) is 11.3 Å². The maximum Gasteiger partial charge on any atom is 0.272 e. The molecule has 0 radical (unpaired) electrons. The van der Waals surface area contributed by atoms with E-state index in [2.05, 4.69) is 15.3 Å². The van der Waals surface area contributed by atoms with Crippen LogP contribution in [0.2, 0.25) is 0 Å². The Balaban J connectivity index is 1.69. The van der Waals surface area contributed by atoms with E-state index in [9.17, 15) is 9.59 Å². The number of aryl methyl sites for hydroxylation is 3. The predicted octanol–water partition coefficient (Wildman–Crippen LogP) is 3.60. The number of carbonyl (C=O) groups excluding carboxylic acids is 1. The molecule has 172 valence electrons. The molecule has 33 heavy (non-hydrogen) atoms. The summed E-state index contributed by atoms with van der Waals surface area (Å²) >= 11 is 1.30. The first kappa shape index (κ1) is 22.5. The van der Waals surface area contributed by atoms with Gasteiger partial charge >= 0.3 is 0 Å². The number of nitrogens with one attached hydrogen (secondary N) is 1. The summed E-state index contributed by atoms with van der Waals surface area (Å²) in [4.78, 5) is 36.1. The van der Waals surface area contributed by atoms with Crippen LogP contribution in [0.1, 0.15) is 17.1 Å². The van der Waals surface area contributed by atoms with Crippen LogP contribution in [0.4, 0.5) is 5.69 Å². The average molecular weight is 469 g/mol. The Morgan fingerprint density at radius 3 is 2.30 bits per heavy atom. The van der Waals surface area contributed by atoms with Crippen molar-refractivity contribution in [1.29, 1.82) is 0 Å². The summed E-state index contributed by atoms with van der Waals surface area (Å²) in [5.74, 6) is 1.30. The summed E-state index contributed by atoms with van der Waals surface area (Å²) < 4.78 is 17.8. The second-order valence-electron chi connectivity index (χ2n) is 7.55. The summed E-state index contributed by atoms with van der Waals surface area (Å²) in [6, 6.07) is 5.22. The minimum Gasteiger partial charge on any atom is -0.493 e. The summed E-state index contributed by atoms with van der Waals surface area (Å²) in [5, 5.41) is 3.67. The lowest BCUT2D eigenvalue weighted by Gasteiger charge is -2.15. The van der Waals surface area contributed by atoms with Crippen LogP contribution in [0.15, 0.2) is 23.0 Å². The van der Waals surface area contributed by atoms with Crippen LogP contribution >= 0.6 is 11.3 Å². The molecule has 0 saturated heterocycles. The second-order valence-corrected chi connectivity index (χ2v) is 8.55. The number of fused-ring (bicyclic) bond motifs is 3. The van der Waals surface area contributed by atoms with Gasteiger partial charge in [-0.05, 0) is 32.4 Å². The smallest absolute Gasteiger partial charge is 0.272 e. The van der Waals surface area contributed by atoms with Crippen molar-refractivity contribution in [2.45, 2.75) is 27.3 Å². The zero-order valence-corrected chi connectivity index (χ0v) is 20.0. The number of aromatic nitrogens is 3. The van der Waals surface area contributed by atoms with E-state index in [1.54, 1.807) is 19.1 Å². The number of methoxy groups -OCH3 is 3. The van der Waals surface area contributed by atoms with E-state index in [4.69, 9.17) is 14.2 Å². The maximum atomic E-state index is 13.3. The Hall–Kier alpha value is -3.66. The van der Waals surface area contributed by atoms with E-state index in [1.807, 2.05) is 19.9 Å². The Kier molecular flexibility index (Phi) is 5.94.